The summed E-state index contributed by atoms with van der Waals surface area (Å²) in [4.78, 5) is 2.80. The van der Waals surface area contributed by atoms with Gasteiger partial charge in [-0.1, -0.05) is 32.6 Å². The van der Waals surface area contributed by atoms with Crippen molar-refractivity contribution < 1.29 is 0 Å². The molecule has 3 rings (SSSR count). The summed E-state index contributed by atoms with van der Waals surface area (Å²) in [7, 11) is 0. The number of nitrogens with zero attached hydrogens (tertiary/aromatic N) is 1. The molecule has 0 radical (unpaired) electrons. The predicted molar refractivity (Wildman–Crippen MR) is 81.1 cm³/mol. The molecule has 110 valence electrons. The fourth-order valence-electron chi connectivity index (χ4n) is 5.36. The van der Waals surface area contributed by atoms with Gasteiger partial charge in [-0.3, -0.25) is 4.90 Å². The zero-order valence-corrected chi connectivity index (χ0v) is 12.8. The van der Waals surface area contributed by atoms with Crippen molar-refractivity contribution in [3.8, 4) is 0 Å². The van der Waals surface area contributed by atoms with E-state index in [1.807, 2.05) is 0 Å². The van der Waals surface area contributed by atoms with Gasteiger partial charge in [0.2, 0.25) is 0 Å². The highest BCUT2D eigenvalue weighted by Gasteiger charge is 2.47. The second-order valence-electron chi connectivity index (χ2n) is 7.65. The van der Waals surface area contributed by atoms with Gasteiger partial charge in [0.05, 0.1) is 0 Å². The van der Waals surface area contributed by atoms with Crippen LogP contribution >= 0.6 is 0 Å². The van der Waals surface area contributed by atoms with E-state index in [2.05, 4.69) is 11.8 Å². The van der Waals surface area contributed by atoms with Gasteiger partial charge in [0, 0.05) is 12.1 Å². The first-order valence-electron chi connectivity index (χ1n) is 8.66. The lowest BCUT2D eigenvalue weighted by Crippen LogP contribution is -2.59. The second kappa shape index (κ2) is 5.37. The normalized spacial score (nSPS) is 39.8. The Morgan fingerprint density at radius 3 is 2.16 bits per heavy atom. The van der Waals surface area contributed by atoms with Crippen LogP contribution in [0.2, 0.25) is 0 Å². The monoisotopic (exact) mass is 264 g/mol. The van der Waals surface area contributed by atoms with Crippen molar-refractivity contribution in [3.05, 3.63) is 0 Å². The highest BCUT2D eigenvalue weighted by atomic mass is 15.2. The molecular formula is C17H32N2. The minimum Gasteiger partial charge on any atom is -0.329 e. The van der Waals surface area contributed by atoms with E-state index in [4.69, 9.17) is 5.73 Å². The van der Waals surface area contributed by atoms with Crippen LogP contribution in [0.5, 0.6) is 0 Å². The van der Waals surface area contributed by atoms with Gasteiger partial charge in [-0.2, -0.15) is 0 Å². The molecule has 0 aromatic carbocycles. The summed E-state index contributed by atoms with van der Waals surface area (Å²) >= 11 is 0. The van der Waals surface area contributed by atoms with Gasteiger partial charge < -0.3 is 5.73 Å². The molecule has 0 bridgehead atoms. The molecule has 2 nitrogen and oxygen atoms in total. The van der Waals surface area contributed by atoms with E-state index in [0.29, 0.717) is 5.54 Å². The van der Waals surface area contributed by atoms with Crippen molar-refractivity contribution in [1.29, 1.82) is 0 Å². The molecule has 1 aliphatic heterocycles. The fraction of sp³-hybridized carbons (Fsp3) is 1.00. The van der Waals surface area contributed by atoms with Gasteiger partial charge in [0.1, 0.15) is 0 Å². The van der Waals surface area contributed by atoms with Crippen LogP contribution in [-0.4, -0.2) is 30.1 Å². The summed E-state index contributed by atoms with van der Waals surface area (Å²) in [6, 6.07) is 0. The van der Waals surface area contributed by atoms with Crippen molar-refractivity contribution in [2.45, 2.75) is 76.7 Å². The molecule has 0 aromatic heterocycles. The quantitative estimate of drug-likeness (QED) is 0.826. The molecule has 19 heavy (non-hydrogen) atoms. The third-order valence-corrected chi connectivity index (χ3v) is 6.89. The third-order valence-electron chi connectivity index (χ3n) is 6.89. The fourth-order valence-corrected chi connectivity index (χ4v) is 5.36. The van der Waals surface area contributed by atoms with Crippen LogP contribution in [0.4, 0.5) is 0 Å². The van der Waals surface area contributed by atoms with Crippen molar-refractivity contribution in [2.75, 3.05) is 19.6 Å². The zero-order chi connectivity index (χ0) is 13.3. The molecule has 2 saturated carbocycles. The molecule has 0 amide bonds. The van der Waals surface area contributed by atoms with Gasteiger partial charge in [0.25, 0.3) is 0 Å². The van der Waals surface area contributed by atoms with E-state index < -0.39 is 0 Å². The van der Waals surface area contributed by atoms with E-state index in [9.17, 15) is 0 Å². The lowest BCUT2D eigenvalue weighted by Gasteiger charge is -2.51. The van der Waals surface area contributed by atoms with E-state index in [0.717, 1.165) is 17.9 Å². The minimum absolute atomic E-state index is 0.357. The largest absolute Gasteiger partial charge is 0.329 e. The Hall–Kier alpha value is -0.0800. The number of hydrogen-bond donors (Lipinski definition) is 1. The Morgan fingerprint density at radius 1 is 0.947 bits per heavy atom. The van der Waals surface area contributed by atoms with Gasteiger partial charge in [-0.05, 0) is 62.9 Å². The maximum atomic E-state index is 6.22. The van der Waals surface area contributed by atoms with Crippen LogP contribution in [-0.2, 0) is 0 Å². The molecule has 3 fully saturated rings. The first kappa shape index (κ1) is 13.9. The molecule has 1 heterocycles. The van der Waals surface area contributed by atoms with Gasteiger partial charge >= 0.3 is 0 Å². The van der Waals surface area contributed by atoms with Crippen molar-refractivity contribution >= 4 is 0 Å². The number of piperidine rings is 1. The number of rotatable bonds is 2. The third kappa shape index (κ3) is 2.35. The van der Waals surface area contributed by atoms with Crippen LogP contribution in [0, 0.1) is 11.3 Å². The topological polar surface area (TPSA) is 29.3 Å². The van der Waals surface area contributed by atoms with Crippen LogP contribution < -0.4 is 5.73 Å². The molecular weight excluding hydrogens is 232 g/mol. The minimum atomic E-state index is 0.357. The van der Waals surface area contributed by atoms with Crippen LogP contribution in [0.15, 0.2) is 0 Å². The van der Waals surface area contributed by atoms with Crippen molar-refractivity contribution in [3.63, 3.8) is 0 Å². The van der Waals surface area contributed by atoms with Gasteiger partial charge in [0.15, 0.2) is 0 Å². The molecule has 2 unspecified atom stereocenters. The average molecular weight is 264 g/mol. The summed E-state index contributed by atoms with van der Waals surface area (Å²) in [5.41, 5.74) is 7.30. The summed E-state index contributed by atoms with van der Waals surface area (Å²) in [5.74, 6) is 0.804. The lowest BCUT2D eigenvalue weighted by molar-refractivity contribution is -0.0107. The standard InChI is InChI=1S/C17H32N2/c1-15-6-5-9-17(15,14-18)19-12-10-16(11-13-19)7-3-2-4-8-16/h15H,2-14,18H2,1H3. The zero-order valence-electron chi connectivity index (χ0n) is 12.8. The van der Waals surface area contributed by atoms with Gasteiger partial charge in [-0.25, -0.2) is 0 Å². The smallest absolute Gasteiger partial charge is 0.0357 e. The maximum absolute atomic E-state index is 6.22. The first-order chi connectivity index (χ1) is 9.21. The molecule has 3 aliphatic rings. The number of hydrogen-bond acceptors (Lipinski definition) is 2. The van der Waals surface area contributed by atoms with Crippen molar-refractivity contribution in [1.82, 2.24) is 4.90 Å². The first-order valence-corrected chi connectivity index (χ1v) is 8.66. The Bertz CT molecular complexity index is 298. The SMILES string of the molecule is CC1CCCC1(CN)N1CCC2(CCCCC2)CC1. The highest BCUT2D eigenvalue weighted by molar-refractivity contribution is 5.03. The molecule has 2 N–H and O–H groups in total. The Morgan fingerprint density at radius 2 is 1.63 bits per heavy atom. The lowest BCUT2D eigenvalue weighted by atomic mass is 9.67. The van der Waals surface area contributed by atoms with Gasteiger partial charge in [-0.15, -0.1) is 0 Å². The summed E-state index contributed by atoms with van der Waals surface area (Å²) < 4.78 is 0. The van der Waals surface area contributed by atoms with E-state index in [-0.39, 0.29) is 0 Å². The Balaban J connectivity index is 1.66. The summed E-state index contributed by atoms with van der Waals surface area (Å²) in [6.45, 7) is 5.95. The van der Waals surface area contributed by atoms with E-state index in [1.54, 1.807) is 0 Å². The Labute approximate surface area is 119 Å². The van der Waals surface area contributed by atoms with Crippen LogP contribution in [0.3, 0.4) is 0 Å². The highest BCUT2D eigenvalue weighted by Crippen LogP contribution is 2.48. The summed E-state index contributed by atoms with van der Waals surface area (Å²) in [5, 5.41) is 0. The second-order valence-corrected chi connectivity index (χ2v) is 7.65. The predicted octanol–water partition coefficient (Wildman–Crippen LogP) is 3.55. The average Bonchev–Trinajstić information content (AvgIpc) is 2.83. The molecule has 2 atom stereocenters. The number of likely N-dealkylation sites (tertiary alicyclic amines) is 1. The van der Waals surface area contributed by atoms with Crippen molar-refractivity contribution in [2.24, 2.45) is 17.1 Å². The molecule has 2 heteroatoms. The van der Waals surface area contributed by atoms with E-state index >= 15 is 0 Å². The molecule has 1 saturated heterocycles. The van der Waals surface area contributed by atoms with Crippen LogP contribution in [0.25, 0.3) is 0 Å². The molecule has 2 aliphatic carbocycles. The van der Waals surface area contributed by atoms with Crippen LogP contribution in [0.1, 0.15) is 71.1 Å². The van der Waals surface area contributed by atoms with E-state index in [1.165, 1.54) is 77.3 Å². The number of nitrogens with two attached hydrogens (primary N) is 1. The molecule has 1 spiro atoms. The molecule has 0 aromatic rings. The Kier molecular flexibility index (Phi) is 3.92. The maximum Gasteiger partial charge on any atom is 0.0357 e. The summed E-state index contributed by atoms with van der Waals surface area (Å²) in [6.07, 6.45) is 14.5.